The lowest BCUT2D eigenvalue weighted by Gasteiger charge is -2.26. The number of esters is 1. The van der Waals surface area contributed by atoms with Gasteiger partial charge in [-0.05, 0) is 24.6 Å². The molecule has 0 radical (unpaired) electrons. The maximum Gasteiger partial charge on any atom is 0.337 e. The van der Waals surface area contributed by atoms with Gasteiger partial charge in [0.2, 0.25) is 0 Å². The molecule has 0 aliphatic carbocycles. The van der Waals surface area contributed by atoms with Gasteiger partial charge < -0.3 is 24.8 Å². The molecule has 0 unspecified atom stereocenters. The standard InChI is InChI=1S/C15H24N2O4/c1-19-9-4-7-17(8-10-20-2)14-11-12(15(18)21-3)5-6-13(14)16/h5-6,11H,4,7-10,16H2,1-3H3. The third-order valence-electron chi connectivity index (χ3n) is 3.13. The molecule has 0 atom stereocenters. The summed E-state index contributed by atoms with van der Waals surface area (Å²) in [5.41, 5.74) is 7.96. The van der Waals surface area contributed by atoms with Crippen LogP contribution in [-0.4, -0.2) is 53.6 Å². The van der Waals surface area contributed by atoms with Gasteiger partial charge in [0.25, 0.3) is 0 Å². The summed E-state index contributed by atoms with van der Waals surface area (Å²) in [6, 6.07) is 5.13. The van der Waals surface area contributed by atoms with Crippen LogP contribution < -0.4 is 10.6 Å². The fourth-order valence-electron chi connectivity index (χ4n) is 2.02. The van der Waals surface area contributed by atoms with E-state index in [1.54, 1.807) is 32.4 Å². The quantitative estimate of drug-likeness (QED) is 0.423. The first-order valence-corrected chi connectivity index (χ1v) is 6.84. The molecule has 0 heterocycles. The number of hydrogen-bond acceptors (Lipinski definition) is 6. The fraction of sp³-hybridized carbons (Fsp3) is 0.533. The van der Waals surface area contributed by atoms with Gasteiger partial charge in [0.05, 0.1) is 30.7 Å². The maximum absolute atomic E-state index is 11.6. The lowest BCUT2D eigenvalue weighted by Crippen LogP contribution is -2.30. The molecular formula is C15H24N2O4. The molecule has 0 aliphatic heterocycles. The lowest BCUT2D eigenvalue weighted by molar-refractivity contribution is 0.0601. The van der Waals surface area contributed by atoms with Gasteiger partial charge in [0, 0.05) is 33.9 Å². The zero-order chi connectivity index (χ0) is 15.7. The Morgan fingerprint density at radius 2 is 1.86 bits per heavy atom. The second-order valence-electron chi connectivity index (χ2n) is 4.59. The van der Waals surface area contributed by atoms with E-state index in [1.807, 2.05) is 0 Å². The molecule has 0 amide bonds. The second-order valence-corrected chi connectivity index (χ2v) is 4.59. The zero-order valence-electron chi connectivity index (χ0n) is 12.9. The van der Waals surface area contributed by atoms with Crippen LogP contribution in [-0.2, 0) is 14.2 Å². The van der Waals surface area contributed by atoms with E-state index in [9.17, 15) is 4.79 Å². The number of carbonyl (C=O) groups is 1. The molecule has 1 aromatic rings. The van der Waals surface area contributed by atoms with Crippen LogP contribution in [0.1, 0.15) is 16.8 Å². The number of anilines is 2. The summed E-state index contributed by atoms with van der Waals surface area (Å²) in [6.45, 7) is 2.70. The largest absolute Gasteiger partial charge is 0.465 e. The highest BCUT2D eigenvalue weighted by Gasteiger charge is 2.14. The summed E-state index contributed by atoms with van der Waals surface area (Å²) in [5.74, 6) is -0.375. The summed E-state index contributed by atoms with van der Waals surface area (Å²) in [7, 11) is 4.69. The molecule has 0 saturated heterocycles. The van der Waals surface area contributed by atoms with Gasteiger partial charge in [0.15, 0.2) is 0 Å². The van der Waals surface area contributed by atoms with Crippen molar-refractivity contribution in [2.45, 2.75) is 6.42 Å². The van der Waals surface area contributed by atoms with Crippen LogP contribution in [0.15, 0.2) is 18.2 Å². The fourth-order valence-corrected chi connectivity index (χ4v) is 2.02. The number of methoxy groups -OCH3 is 3. The monoisotopic (exact) mass is 296 g/mol. The summed E-state index contributed by atoms with van der Waals surface area (Å²) >= 11 is 0. The van der Waals surface area contributed by atoms with Crippen molar-refractivity contribution in [1.29, 1.82) is 0 Å². The highest BCUT2D eigenvalue weighted by atomic mass is 16.5. The summed E-state index contributed by atoms with van der Waals surface area (Å²) in [6.07, 6.45) is 0.863. The lowest BCUT2D eigenvalue weighted by atomic mass is 10.1. The minimum Gasteiger partial charge on any atom is -0.465 e. The molecule has 6 heteroatoms. The molecule has 0 aliphatic rings. The van der Waals surface area contributed by atoms with Crippen molar-refractivity contribution in [3.63, 3.8) is 0 Å². The summed E-state index contributed by atoms with van der Waals surface area (Å²) < 4.78 is 15.0. The van der Waals surface area contributed by atoms with Crippen molar-refractivity contribution in [3.05, 3.63) is 23.8 Å². The number of carbonyl (C=O) groups excluding carboxylic acids is 1. The van der Waals surface area contributed by atoms with E-state index in [2.05, 4.69) is 4.90 Å². The van der Waals surface area contributed by atoms with Crippen molar-refractivity contribution in [2.75, 3.05) is 58.3 Å². The molecule has 21 heavy (non-hydrogen) atoms. The number of nitrogens with zero attached hydrogens (tertiary/aromatic N) is 1. The van der Waals surface area contributed by atoms with E-state index in [0.717, 1.165) is 18.7 Å². The number of nitrogens with two attached hydrogens (primary N) is 1. The average Bonchev–Trinajstić information content (AvgIpc) is 2.50. The molecule has 0 aromatic heterocycles. The Morgan fingerprint density at radius 3 is 2.48 bits per heavy atom. The summed E-state index contributed by atoms with van der Waals surface area (Å²) in [4.78, 5) is 13.7. The van der Waals surface area contributed by atoms with E-state index in [0.29, 0.717) is 31.0 Å². The zero-order valence-corrected chi connectivity index (χ0v) is 12.9. The van der Waals surface area contributed by atoms with Crippen molar-refractivity contribution in [1.82, 2.24) is 0 Å². The van der Waals surface area contributed by atoms with Crippen LogP contribution in [0.4, 0.5) is 11.4 Å². The number of ether oxygens (including phenoxy) is 3. The van der Waals surface area contributed by atoms with Gasteiger partial charge in [-0.25, -0.2) is 4.79 Å². The van der Waals surface area contributed by atoms with Gasteiger partial charge in [0.1, 0.15) is 0 Å². The van der Waals surface area contributed by atoms with Gasteiger partial charge in [-0.1, -0.05) is 0 Å². The van der Waals surface area contributed by atoms with E-state index in [1.165, 1.54) is 7.11 Å². The minimum absolute atomic E-state index is 0.375. The molecule has 2 N–H and O–H groups in total. The molecule has 1 aromatic carbocycles. The van der Waals surface area contributed by atoms with Crippen LogP contribution in [0, 0.1) is 0 Å². The normalized spacial score (nSPS) is 10.4. The first-order valence-electron chi connectivity index (χ1n) is 6.84. The van der Waals surface area contributed by atoms with E-state index in [-0.39, 0.29) is 5.97 Å². The Bertz CT molecular complexity index is 451. The predicted molar refractivity (Wildman–Crippen MR) is 82.8 cm³/mol. The topological polar surface area (TPSA) is 74.0 Å². The van der Waals surface area contributed by atoms with Crippen LogP contribution in [0.2, 0.25) is 0 Å². The highest BCUT2D eigenvalue weighted by Crippen LogP contribution is 2.25. The van der Waals surface area contributed by atoms with Crippen LogP contribution in [0.5, 0.6) is 0 Å². The van der Waals surface area contributed by atoms with Crippen molar-refractivity contribution >= 4 is 17.3 Å². The van der Waals surface area contributed by atoms with Gasteiger partial charge in [-0.2, -0.15) is 0 Å². The molecule has 0 fully saturated rings. The summed E-state index contributed by atoms with van der Waals surface area (Å²) in [5, 5.41) is 0. The Hall–Kier alpha value is -1.79. The molecular weight excluding hydrogens is 272 g/mol. The van der Waals surface area contributed by atoms with Gasteiger partial charge >= 0.3 is 5.97 Å². The molecule has 118 valence electrons. The van der Waals surface area contributed by atoms with Crippen LogP contribution in [0.3, 0.4) is 0 Å². The molecule has 1 rings (SSSR count). The Kier molecular flexibility index (Phi) is 7.56. The minimum atomic E-state index is -0.375. The highest BCUT2D eigenvalue weighted by molar-refractivity contribution is 5.92. The number of hydrogen-bond donors (Lipinski definition) is 1. The molecule has 6 nitrogen and oxygen atoms in total. The molecule has 0 bridgehead atoms. The average molecular weight is 296 g/mol. The van der Waals surface area contributed by atoms with E-state index in [4.69, 9.17) is 19.9 Å². The number of nitrogen functional groups attached to an aromatic ring is 1. The maximum atomic E-state index is 11.6. The first-order chi connectivity index (χ1) is 10.1. The van der Waals surface area contributed by atoms with Crippen molar-refractivity contribution < 1.29 is 19.0 Å². The molecule has 0 spiro atoms. The van der Waals surface area contributed by atoms with Crippen molar-refractivity contribution in [3.8, 4) is 0 Å². The predicted octanol–water partition coefficient (Wildman–Crippen LogP) is 1.54. The Balaban J connectivity index is 2.95. The van der Waals surface area contributed by atoms with E-state index < -0.39 is 0 Å². The van der Waals surface area contributed by atoms with E-state index >= 15 is 0 Å². The third kappa shape index (κ3) is 5.24. The van der Waals surface area contributed by atoms with Crippen molar-refractivity contribution in [2.24, 2.45) is 0 Å². The Labute approximate surface area is 125 Å². The SMILES string of the molecule is COCCCN(CCOC)c1cc(C(=O)OC)ccc1N. The van der Waals surface area contributed by atoms with Gasteiger partial charge in [-0.3, -0.25) is 0 Å². The van der Waals surface area contributed by atoms with Gasteiger partial charge in [-0.15, -0.1) is 0 Å². The second kappa shape index (κ2) is 9.20. The smallest absolute Gasteiger partial charge is 0.337 e. The first kappa shape index (κ1) is 17.3. The Morgan fingerprint density at radius 1 is 1.14 bits per heavy atom. The third-order valence-corrected chi connectivity index (χ3v) is 3.13. The van der Waals surface area contributed by atoms with Crippen LogP contribution in [0.25, 0.3) is 0 Å². The number of benzene rings is 1. The molecule has 0 saturated carbocycles. The number of rotatable bonds is 9. The van der Waals surface area contributed by atoms with Crippen LogP contribution >= 0.6 is 0 Å².